The molecule has 0 radical (unpaired) electrons. The maximum Gasteiger partial charge on any atom is 0.308 e. The summed E-state index contributed by atoms with van der Waals surface area (Å²) in [6, 6.07) is 9.65. The van der Waals surface area contributed by atoms with Crippen molar-refractivity contribution in [2.75, 3.05) is 0 Å². The smallest absolute Gasteiger partial charge is 0.308 e. The maximum absolute atomic E-state index is 11.9. The maximum atomic E-state index is 11.9. The molecule has 0 aliphatic heterocycles. The number of rotatable bonds is 8. The van der Waals surface area contributed by atoms with Gasteiger partial charge in [0, 0.05) is 6.21 Å². The Hall–Kier alpha value is -1.49. The first-order valence-electron chi connectivity index (χ1n) is 7.96. The minimum atomic E-state index is -1.21. The van der Waals surface area contributed by atoms with Gasteiger partial charge in [0.05, 0.1) is 10.7 Å². The summed E-state index contributed by atoms with van der Waals surface area (Å²) in [4.78, 5) is 11.9. The Kier molecular flexibility index (Phi) is 8.17. The van der Waals surface area contributed by atoms with E-state index in [1.807, 2.05) is 58.0 Å². The van der Waals surface area contributed by atoms with E-state index in [0.29, 0.717) is 6.61 Å². The highest BCUT2D eigenvalue weighted by molar-refractivity contribution is 7.85. The van der Waals surface area contributed by atoms with Crippen LogP contribution in [-0.4, -0.2) is 21.1 Å². The van der Waals surface area contributed by atoms with Crippen LogP contribution in [0, 0.1) is 5.92 Å². The van der Waals surface area contributed by atoms with Crippen LogP contribution in [-0.2, 0) is 27.1 Å². The Labute approximate surface area is 141 Å². The van der Waals surface area contributed by atoms with E-state index in [2.05, 4.69) is 4.40 Å². The van der Waals surface area contributed by atoms with Gasteiger partial charge in [0.15, 0.2) is 0 Å². The lowest BCUT2D eigenvalue weighted by Gasteiger charge is -2.13. The van der Waals surface area contributed by atoms with Crippen molar-refractivity contribution in [1.82, 2.24) is 0 Å². The number of esters is 1. The molecule has 128 valence electrons. The standard InChI is InChI=1S/C18H27NO3S/c1-15(10-8-9-13-19-23(21)18(2,3)4)17(20)22-14-16-11-6-5-7-12-16/h5-7,11-13,15H,8-10,14H2,1-4H3/t15-,23-/m1/s1. The van der Waals surface area contributed by atoms with Gasteiger partial charge in [-0.3, -0.25) is 4.79 Å². The van der Waals surface area contributed by atoms with E-state index in [9.17, 15) is 9.00 Å². The van der Waals surface area contributed by atoms with Crippen LogP contribution >= 0.6 is 0 Å². The number of unbranched alkanes of at least 4 members (excludes halogenated alkanes) is 1. The molecule has 0 saturated heterocycles. The Balaban J connectivity index is 2.23. The number of benzene rings is 1. The van der Waals surface area contributed by atoms with Gasteiger partial charge in [-0.05, 0) is 45.6 Å². The summed E-state index contributed by atoms with van der Waals surface area (Å²) >= 11 is 0. The average Bonchev–Trinajstić information content (AvgIpc) is 2.51. The number of hydrogen-bond donors (Lipinski definition) is 0. The first-order valence-corrected chi connectivity index (χ1v) is 9.06. The first kappa shape index (κ1) is 19.6. The summed E-state index contributed by atoms with van der Waals surface area (Å²) in [5, 5.41) is 0. The quantitative estimate of drug-likeness (QED) is 0.408. The predicted molar refractivity (Wildman–Crippen MR) is 95.6 cm³/mol. The summed E-state index contributed by atoms with van der Waals surface area (Å²) in [5.41, 5.74) is 0.991. The second-order valence-electron chi connectivity index (χ2n) is 6.57. The summed E-state index contributed by atoms with van der Waals surface area (Å²) in [5.74, 6) is -0.315. The van der Waals surface area contributed by atoms with Crippen LogP contribution in [0.1, 0.15) is 52.5 Å². The number of hydrogen-bond acceptors (Lipinski definition) is 3. The van der Waals surface area contributed by atoms with Crippen LogP contribution < -0.4 is 0 Å². The molecule has 0 heterocycles. The Morgan fingerprint density at radius 3 is 2.57 bits per heavy atom. The topological polar surface area (TPSA) is 55.7 Å². The van der Waals surface area contributed by atoms with Gasteiger partial charge in [0.25, 0.3) is 0 Å². The van der Waals surface area contributed by atoms with Crippen LogP contribution in [0.2, 0.25) is 0 Å². The van der Waals surface area contributed by atoms with Crippen molar-refractivity contribution in [3.8, 4) is 0 Å². The lowest BCUT2D eigenvalue weighted by molar-refractivity contribution is -0.149. The lowest BCUT2D eigenvalue weighted by atomic mass is 10.0. The van der Waals surface area contributed by atoms with Gasteiger partial charge in [0.1, 0.15) is 17.6 Å². The molecule has 0 saturated carbocycles. The number of ether oxygens (including phenoxy) is 1. The molecular formula is C18H27NO3S. The summed E-state index contributed by atoms with van der Waals surface area (Å²) in [6.07, 6.45) is 3.98. The van der Waals surface area contributed by atoms with E-state index < -0.39 is 11.0 Å². The van der Waals surface area contributed by atoms with E-state index in [4.69, 9.17) is 4.74 Å². The van der Waals surface area contributed by atoms with E-state index in [-0.39, 0.29) is 16.6 Å². The molecule has 0 aromatic heterocycles. The monoisotopic (exact) mass is 337 g/mol. The Bertz CT molecular complexity index is 535. The van der Waals surface area contributed by atoms with Crippen molar-refractivity contribution < 1.29 is 13.7 Å². The molecule has 1 rings (SSSR count). The third-order valence-electron chi connectivity index (χ3n) is 3.29. The van der Waals surface area contributed by atoms with Gasteiger partial charge < -0.3 is 4.74 Å². The molecule has 0 amide bonds. The van der Waals surface area contributed by atoms with Crippen LogP contribution in [0.4, 0.5) is 0 Å². The minimum absolute atomic E-state index is 0.139. The molecule has 1 aromatic rings. The molecule has 0 N–H and O–H groups in total. The van der Waals surface area contributed by atoms with Gasteiger partial charge in [-0.1, -0.05) is 37.3 Å². The Morgan fingerprint density at radius 1 is 1.30 bits per heavy atom. The van der Waals surface area contributed by atoms with Crippen LogP contribution in [0.3, 0.4) is 0 Å². The molecule has 1 aromatic carbocycles. The van der Waals surface area contributed by atoms with Gasteiger partial charge in [0.2, 0.25) is 0 Å². The third kappa shape index (κ3) is 8.07. The number of nitrogens with zero attached hydrogens (tertiary/aromatic N) is 1. The van der Waals surface area contributed by atoms with Gasteiger partial charge in [-0.2, -0.15) is 4.40 Å². The zero-order valence-electron chi connectivity index (χ0n) is 14.5. The van der Waals surface area contributed by atoms with Gasteiger partial charge >= 0.3 is 5.97 Å². The molecule has 0 bridgehead atoms. The normalized spacial score (nSPS) is 14.6. The molecule has 0 fully saturated rings. The predicted octanol–water partition coefficient (Wildman–Crippen LogP) is 4.07. The second-order valence-corrected chi connectivity index (χ2v) is 8.51. The first-order chi connectivity index (χ1) is 10.8. The highest BCUT2D eigenvalue weighted by Crippen LogP contribution is 2.13. The number of carbonyl (C=O) groups is 1. The molecular weight excluding hydrogens is 310 g/mol. The van der Waals surface area contributed by atoms with Crippen molar-refractivity contribution in [1.29, 1.82) is 0 Å². The highest BCUT2D eigenvalue weighted by atomic mass is 32.2. The van der Waals surface area contributed by atoms with Crippen molar-refractivity contribution in [2.45, 2.75) is 58.3 Å². The summed E-state index contributed by atoms with van der Waals surface area (Å²) < 4.78 is 20.8. The lowest BCUT2D eigenvalue weighted by Crippen LogP contribution is -2.19. The van der Waals surface area contributed by atoms with E-state index in [1.165, 1.54) is 0 Å². The molecule has 5 heteroatoms. The van der Waals surface area contributed by atoms with Crippen LogP contribution in [0.5, 0.6) is 0 Å². The van der Waals surface area contributed by atoms with Gasteiger partial charge in [-0.15, -0.1) is 0 Å². The number of carbonyl (C=O) groups excluding carboxylic acids is 1. The largest absolute Gasteiger partial charge is 0.461 e. The molecule has 0 aliphatic rings. The fraction of sp³-hybridized carbons (Fsp3) is 0.556. The molecule has 0 aliphatic carbocycles. The van der Waals surface area contributed by atoms with E-state index >= 15 is 0 Å². The van der Waals surface area contributed by atoms with Crippen molar-refractivity contribution in [3.05, 3.63) is 35.9 Å². The SMILES string of the molecule is C[C@H](CCCC=N[S@](=O)C(C)(C)C)C(=O)OCc1ccccc1. The minimum Gasteiger partial charge on any atom is -0.461 e. The molecule has 2 atom stereocenters. The van der Waals surface area contributed by atoms with Crippen molar-refractivity contribution in [2.24, 2.45) is 10.3 Å². The molecule has 0 unspecified atom stereocenters. The second kappa shape index (κ2) is 9.60. The Morgan fingerprint density at radius 2 is 1.96 bits per heavy atom. The molecule has 0 spiro atoms. The van der Waals surface area contributed by atoms with E-state index in [1.54, 1.807) is 6.21 Å². The van der Waals surface area contributed by atoms with E-state index in [0.717, 1.165) is 24.8 Å². The molecule has 23 heavy (non-hydrogen) atoms. The van der Waals surface area contributed by atoms with Crippen LogP contribution in [0.25, 0.3) is 0 Å². The van der Waals surface area contributed by atoms with Gasteiger partial charge in [-0.25, -0.2) is 4.21 Å². The summed E-state index contributed by atoms with van der Waals surface area (Å²) in [6.45, 7) is 7.87. The van der Waals surface area contributed by atoms with Crippen molar-refractivity contribution >= 4 is 23.2 Å². The van der Waals surface area contributed by atoms with Crippen LogP contribution in [0.15, 0.2) is 34.7 Å². The average molecular weight is 337 g/mol. The zero-order valence-corrected chi connectivity index (χ0v) is 15.3. The highest BCUT2D eigenvalue weighted by Gasteiger charge is 2.18. The van der Waals surface area contributed by atoms with Crippen molar-refractivity contribution in [3.63, 3.8) is 0 Å². The fourth-order valence-corrected chi connectivity index (χ4v) is 2.34. The molecule has 4 nitrogen and oxygen atoms in total. The zero-order chi connectivity index (χ0) is 17.3. The summed E-state index contributed by atoms with van der Waals surface area (Å²) in [7, 11) is -1.21. The fourth-order valence-electron chi connectivity index (χ4n) is 1.78. The third-order valence-corrected chi connectivity index (χ3v) is 4.68.